The molecule has 0 N–H and O–H groups in total. The molecule has 0 saturated heterocycles. The largest absolute Gasteiger partial charge is 0.309 e. The second-order valence-corrected chi connectivity index (χ2v) is 14.1. The molecule has 56 heavy (non-hydrogen) atoms. The quantitative estimate of drug-likeness (QED) is 0.172. The van der Waals surface area contributed by atoms with Crippen molar-refractivity contribution in [1.29, 1.82) is 0 Å². The van der Waals surface area contributed by atoms with E-state index in [0.29, 0.717) is 17.6 Å². The van der Waals surface area contributed by atoms with Crippen molar-refractivity contribution in [3.8, 4) is 56.7 Å². The average molecular weight is 716 g/mol. The van der Waals surface area contributed by atoms with Gasteiger partial charge in [0.05, 0.1) is 22.1 Å². The summed E-state index contributed by atoms with van der Waals surface area (Å²) in [4.78, 5) is 15.1. The highest BCUT2D eigenvalue weighted by Gasteiger charge is 2.19. The van der Waals surface area contributed by atoms with Gasteiger partial charge in [-0.3, -0.25) is 4.57 Å². The zero-order chi connectivity index (χ0) is 37.0. The van der Waals surface area contributed by atoms with Crippen molar-refractivity contribution in [3.63, 3.8) is 0 Å². The Hall–Kier alpha value is -7.63. The fourth-order valence-electron chi connectivity index (χ4n) is 8.15. The molecule has 0 amide bonds. The van der Waals surface area contributed by atoms with Gasteiger partial charge in [-0.1, -0.05) is 146 Å². The van der Waals surface area contributed by atoms with Crippen LogP contribution in [0.1, 0.15) is 0 Å². The summed E-state index contributed by atoms with van der Waals surface area (Å²) in [6, 6.07) is 70.5. The minimum Gasteiger partial charge on any atom is -0.309 e. The molecule has 0 aliphatic carbocycles. The summed E-state index contributed by atoms with van der Waals surface area (Å²) in [5.74, 6) is 1.86. The third-order valence-corrected chi connectivity index (χ3v) is 10.8. The minimum atomic E-state index is 0.586. The van der Waals surface area contributed by atoms with Gasteiger partial charge in [0.15, 0.2) is 11.6 Å². The van der Waals surface area contributed by atoms with E-state index in [1.807, 2.05) is 60.7 Å². The monoisotopic (exact) mass is 715 g/mol. The number of aromatic nitrogens is 5. The van der Waals surface area contributed by atoms with Gasteiger partial charge in [0.25, 0.3) is 0 Å². The van der Waals surface area contributed by atoms with Crippen molar-refractivity contribution in [2.75, 3.05) is 0 Å². The van der Waals surface area contributed by atoms with Crippen LogP contribution in [0.4, 0.5) is 0 Å². The van der Waals surface area contributed by atoms with Crippen molar-refractivity contribution in [3.05, 3.63) is 200 Å². The van der Waals surface area contributed by atoms with Gasteiger partial charge in [-0.25, -0.2) is 4.98 Å². The van der Waals surface area contributed by atoms with Crippen LogP contribution in [0, 0.1) is 0 Å². The summed E-state index contributed by atoms with van der Waals surface area (Å²) in [6.07, 6.45) is 0. The maximum atomic E-state index is 5.10. The van der Waals surface area contributed by atoms with Gasteiger partial charge >= 0.3 is 0 Å². The highest BCUT2D eigenvalue weighted by Crippen LogP contribution is 2.38. The van der Waals surface area contributed by atoms with E-state index in [4.69, 9.17) is 15.0 Å². The average Bonchev–Trinajstić information content (AvgIpc) is 3.79. The molecule has 0 atom stereocenters. The number of nitrogens with zero attached hydrogens (tertiary/aromatic N) is 5. The summed E-state index contributed by atoms with van der Waals surface area (Å²) < 4.78 is 4.53. The Morgan fingerprint density at radius 1 is 0.268 bits per heavy atom. The Morgan fingerprint density at radius 2 is 0.679 bits per heavy atom. The SMILES string of the molecule is c1ccc(-c2nc(-c3ccccc3)nc(-n3c4ccccc4c4cc(-c5cccc(-c6ccc7c(c6)c6ccccc6n7-c6ccccc6)c5)ccc43)n2)cc1. The molecule has 0 unspecified atom stereocenters. The highest BCUT2D eigenvalue weighted by atomic mass is 15.2. The first-order chi connectivity index (χ1) is 27.8. The molecule has 11 aromatic rings. The van der Waals surface area contributed by atoms with Gasteiger partial charge in [-0.05, 0) is 76.9 Å². The lowest BCUT2D eigenvalue weighted by molar-refractivity contribution is 0.953. The molecular weight excluding hydrogens is 683 g/mol. The normalized spacial score (nSPS) is 11.6. The second-order valence-electron chi connectivity index (χ2n) is 14.1. The first kappa shape index (κ1) is 31.9. The van der Waals surface area contributed by atoms with E-state index < -0.39 is 0 Å². The molecule has 8 aromatic carbocycles. The molecule has 0 spiro atoms. The van der Waals surface area contributed by atoms with E-state index in [9.17, 15) is 0 Å². The Kier molecular flexibility index (Phi) is 7.42. The number of fused-ring (bicyclic) bond motifs is 6. The van der Waals surface area contributed by atoms with Crippen molar-refractivity contribution in [2.24, 2.45) is 0 Å². The maximum Gasteiger partial charge on any atom is 0.238 e. The Bertz CT molecular complexity index is 3180. The number of benzene rings is 8. The first-order valence-corrected chi connectivity index (χ1v) is 18.9. The molecule has 3 aromatic heterocycles. The predicted molar refractivity (Wildman–Crippen MR) is 230 cm³/mol. The van der Waals surface area contributed by atoms with Crippen molar-refractivity contribution >= 4 is 43.6 Å². The lowest BCUT2D eigenvalue weighted by atomic mass is 9.97. The highest BCUT2D eigenvalue weighted by molar-refractivity contribution is 6.11. The van der Waals surface area contributed by atoms with Gasteiger partial charge in [0, 0.05) is 38.4 Å². The van der Waals surface area contributed by atoms with Crippen molar-refractivity contribution in [1.82, 2.24) is 24.1 Å². The number of hydrogen-bond acceptors (Lipinski definition) is 3. The lowest BCUT2D eigenvalue weighted by Crippen LogP contribution is -2.06. The lowest BCUT2D eigenvalue weighted by Gasteiger charge is -2.11. The summed E-state index contributed by atoms with van der Waals surface area (Å²) in [5.41, 5.74) is 12.2. The van der Waals surface area contributed by atoms with Gasteiger partial charge < -0.3 is 4.57 Å². The molecule has 5 heteroatoms. The molecule has 0 fully saturated rings. The first-order valence-electron chi connectivity index (χ1n) is 18.9. The van der Waals surface area contributed by atoms with Crippen LogP contribution in [0.5, 0.6) is 0 Å². The third-order valence-electron chi connectivity index (χ3n) is 10.8. The molecule has 0 aliphatic heterocycles. The van der Waals surface area contributed by atoms with E-state index in [1.165, 1.54) is 32.9 Å². The van der Waals surface area contributed by atoms with Gasteiger partial charge in [-0.2, -0.15) is 9.97 Å². The van der Waals surface area contributed by atoms with E-state index in [0.717, 1.165) is 49.7 Å². The third kappa shape index (κ3) is 5.29. The summed E-state index contributed by atoms with van der Waals surface area (Å²) in [6.45, 7) is 0. The van der Waals surface area contributed by atoms with Gasteiger partial charge in [0.1, 0.15) is 0 Å². The summed E-state index contributed by atoms with van der Waals surface area (Å²) in [7, 11) is 0. The van der Waals surface area contributed by atoms with Crippen LogP contribution >= 0.6 is 0 Å². The second kappa shape index (κ2) is 13.0. The fraction of sp³-hybridized carbons (Fsp3) is 0. The maximum absolute atomic E-state index is 5.10. The molecule has 11 rings (SSSR count). The van der Waals surface area contributed by atoms with Crippen molar-refractivity contribution < 1.29 is 0 Å². The van der Waals surface area contributed by atoms with Gasteiger partial charge in [-0.15, -0.1) is 0 Å². The van der Waals surface area contributed by atoms with E-state index in [2.05, 4.69) is 149 Å². The summed E-state index contributed by atoms with van der Waals surface area (Å²) in [5, 5.41) is 4.77. The smallest absolute Gasteiger partial charge is 0.238 e. The zero-order valence-corrected chi connectivity index (χ0v) is 30.3. The Morgan fingerprint density at radius 3 is 1.23 bits per heavy atom. The molecule has 0 saturated carbocycles. The van der Waals surface area contributed by atoms with Crippen molar-refractivity contribution in [2.45, 2.75) is 0 Å². The van der Waals surface area contributed by atoms with Crippen LogP contribution in [-0.2, 0) is 0 Å². The number of hydrogen-bond donors (Lipinski definition) is 0. The molecule has 262 valence electrons. The van der Waals surface area contributed by atoms with Crippen LogP contribution < -0.4 is 0 Å². The fourth-order valence-corrected chi connectivity index (χ4v) is 8.15. The molecule has 0 bridgehead atoms. The minimum absolute atomic E-state index is 0.586. The summed E-state index contributed by atoms with van der Waals surface area (Å²) >= 11 is 0. The number of para-hydroxylation sites is 3. The van der Waals surface area contributed by atoms with Crippen LogP contribution in [-0.4, -0.2) is 24.1 Å². The van der Waals surface area contributed by atoms with E-state index >= 15 is 0 Å². The van der Waals surface area contributed by atoms with Crippen LogP contribution in [0.3, 0.4) is 0 Å². The van der Waals surface area contributed by atoms with E-state index in [-0.39, 0.29) is 0 Å². The standard InChI is InChI=1S/C51H33N5/c1-4-15-34(16-5-1)49-52-50(35-17-6-2-7-18-35)54-51(53-49)56-46-26-13-11-24-42(46)44-33-39(28-30-48(44)56)37-20-14-19-36(31-37)38-27-29-47-43(32-38)41-23-10-12-25-45(41)55(47)40-21-8-3-9-22-40/h1-33H. The van der Waals surface area contributed by atoms with Crippen LogP contribution in [0.25, 0.3) is 100 Å². The van der Waals surface area contributed by atoms with Gasteiger partial charge in [0.2, 0.25) is 5.95 Å². The molecule has 3 heterocycles. The predicted octanol–water partition coefficient (Wildman–Crippen LogP) is 12.7. The topological polar surface area (TPSA) is 48.5 Å². The molecule has 5 nitrogen and oxygen atoms in total. The molecule has 0 aliphatic rings. The van der Waals surface area contributed by atoms with Crippen LogP contribution in [0.2, 0.25) is 0 Å². The van der Waals surface area contributed by atoms with Crippen LogP contribution in [0.15, 0.2) is 200 Å². The molecular formula is C51H33N5. The Labute approximate surface area is 323 Å². The Balaban J connectivity index is 1.04. The molecule has 0 radical (unpaired) electrons. The zero-order valence-electron chi connectivity index (χ0n) is 30.3. The number of rotatable bonds is 6. The van der Waals surface area contributed by atoms with E-state index in [1.54, 1.807) is 0 Å².